The van der Waals surface area contributed by atoms with E-state index in [0.717, 1.165) is 12.8 Å². The van der Waals surface area contributed by atoms with Gasteiger partial charge in [-0.1, -0.05) is 146 Å². The Morgan fingerprint density at radius 3 is 1.87 bits per heavy atom. The first-order valence-corrected chi connectivity index (χ1v) is 19.3. The third kappa shape index (κ3) is 4.77. The Balaban J connectivity index is 1.05. The van der Waals surface area contributed by atoms with E-state index in [-0.39, 0.29) is 0 Å². The highest BCUT2D eigenvalue weighted by Crippen LogP contribution is 2.46. The van der Waals surface area contributed by atoms with Crippen molar-refractivity contribution in [3.63, 3.8) is 0 Å². The molecule has 2 aliphatic carbocycles. The standard InChI is InChI=1S/C52H39N/c1-3-17-39-34(13-1)15-11-24-41(39)37-29-32-50-48(33-37)42-19-9-10-26-49(42)53(50)38-30-27-36(28-31-38)51-44-20-5-7-22-46(44)52(47-23-8-6-21-45(47)51)43-25-12-16-35-14-2-4-18-40(35)43/h1,3,5-13,15-17,19-32,37H,2,4,14,18,33H2. The van der Waals surface area contributed by atoms with Crippen molar-refractivity contribution in [2.45, 2.75) is 38.0 Å². The zero-order chi connectivity index (χ0) is 34.9. The van der Waals surface area contributed by atoms with Gasteiger partial charge in [0.05, 0.1) is 5.52 Å². The molecular weight excluding hydrogens is 639 g/mol. The SMILES string of the molecule is C1=CC(c2cccc3ccccc23)Cc2c1n(-c1ccc(-c3c4ccccc4c(-c4cccc5c4CCCC5)c4ccccc34)cc1)c1ccccc21. The summed E-state index contributed by atoms with van der Waals surface area (Å²) < 4.78 is 2.47. The average molecular weight is 678 g/mol. The van der Waals surface area contributed by atoms with Crippen LogP contribution in [0.15, 0.2) is 164 Å². The third-order valence-electron chi connectivity index (χ3n) is 12.2. The maximum absolute atomic E-state index is 2.47. The van der Waals surface area contributed by atoms with Crippen LogP contribution in [-0.2, 0) is 19.3 Å². The zero-order valence-corrected chi connectivity index (χ0v) is 29.7. The van der Waals surface area contributed by atoms with Crippen LogP contribution in [0.2, 0.25) is 0 Å². The molecule has 0 saturated heterocycles. The van der Waals surface area contributed by atoms with Crippen molar-refractivity contribution in [1.82, 2.24) is 4.57 Å². The Kier molecular flexibility index (Phi) is 7.01. The maximum Gasteiger partial charge on any atom is 0.0537 e. The molecule has 0 radical (unpaired) electrons. The molecule has 1 unspecified atom stereocenters. The topological polar surface area (TPSA) is 4.93 Å². The van der Waals surface area contributed by atoms with Crippen LogP contribution in [0.25, 0.3) is 77.2 Å². The molecule has 0 aliphatic heterocycles. The molecule has 11 rings (SSSR count). The summed E-state index contributed by atoms with van der Waals surface area (Å²) in [4.78, 5) is 0. The minimum Gasteiger partial charge on any atom is -0.310 e. The fourth-order valence-electron chi connectivity index (χ4n) is 9.80. The van der Waals surface area contributed by atoms with Crippen LogP contribution in [0.5, 0.6) is 0 Å². The Bertz CT molecular complexity index is 2860. The molecule has 2 aliphatic rings. The van der Waals surface area contributed by atoms with Crippen LogP contribution in [-0.4, -0.2) is 4.57 Å². The molecule has 53 heavy (non-hydrogen) atoms. The third-order valence-corrected chi connectivity index (χ3v) is 12.2. The van der Waals surface area contributed by atoms with Gasteiger partial charge in [-0.05, 0) is 133 Å². The van der Waals surface area contributed by atoms with Gasteiger partial charge in [0.1, 0.15) is 0 Å². The molecule has 0 bridgehead atoms. The van der Waals surface area contributed by atoms with Crippen LogP contribution < -0.4 is 0 Å². The minimum atomic E-state index is 0.334. The van der Waals surface area contributed by atoms with Crippen molar-refractivity contribution in [2.75, 3.05) is 0 Å². The van der Waals surface area contributed by atoms with Crippen LogP contribution in [0.3, 0.4) is 0 Å². The summed E-state index contributed by atoms with van der Waals surface area (Å²) in [7, 11) is 0. The van der Waals surface area contributed by atoms with E-state index >= 15 is 0 Å². The second-order valence-corrected chi connectivity index (χ2v) is 15.0. The van der Waals surface area contributed by atoms with E-state index < -0.39 is 0 Å². The predicted molar refractivity (Wildman–Crippen MR) is 225 cm³/mol. The number of hydrogen-bond acceptors (Lipinski definition) is 0. The number of para-hydroxylation sites is 1. The van der Waals surface area contributed by atoms with Gasteiger partial charge in [-0.15, -0.1) is 0 Å². The molecule has 9 aromatic rings. The van der Waals surface area contributed by atoms with Gasteiger partial charge >= 0.3 is 0 Å². The van der Waals surface area contributed by atoms with Crippen LogP contribution in [0.4, 0.5) is 0 Å². The second-order valence-electron chi connectivity index (χ2n) is 15.0. The smallest absolute Gasteiger partial charge is 0.0537 e. The fourth-order valence-corrected chi connectivity index (χ4v) is 9.80. The normalized spacial score (nSPS) is 15.3. The van der Waals surface area contributed by atoms with E-state index in [1.54, 1.807) is 5.56 Å². The van der Waals surface area contributed by atoms with E-state index in [1.807, 2.05) is 0 Å². The lowest BCUT2D eigenvalue weighted by molar-refractivity contribution is 0.687. The highest BCUT2D eigenvalue weighted by atomic mass is 15.0. The van der Waals surface area contributed by atoms with Gasteiger partial charge in [0.25, 0.3) is 0 Å². The van der Waals surface area contributed by atoms with Crippen LogP contribution in [0, 0.1) is 0 Å². The summed E-state index contributed by atoms with van der Waals surface area (Å²) in [6.45, 7) is 0. The number of aryl methyl sites for hydroxylation is 1. The largest absolute Gasteiger partial charge is 0.310 e. The van der Waals surface area contributed by atoms with Crippen molar-refractivity contribution < 1.29 is 0 Å². The van der Waals surface area contributed by atoms with E-state index in [0.29, 0.717) is 5.92 Å². The lowest BCUT2D eigenvalue weighted by Crippen LogP contribution is -2.07. The van der Waals surface area contributed by atoms with Gasteiger partial charge in [0, 0.05) is 22.7 Å². The Morgan fingerprint density at radius 1 is 0.472 bits per heavy atom. The first-order valence-electron chi connectivity index (χ1n) is 19.3. The maximum atomic E-state index is 2.47. The van der Waals surface area contributed by atoms with E-state index in [4.69, 9.17) is 0 Å². The van der Waals surface area contributed by atoms with Gasteiger partial charge in [0.15, 0.2) is 0 Å². The molecular formula is C52H39N. The monoisotopic (exact) mass is 677 g/mol. The fraction of sp³-hybridized carbons (Fsp3) is 0.115. The molecule has 1 nitrogen and oxygen atoms in total. The highest BCUT2D eigenvalue weighted by Gasteiger charge is 2.25. The molecule has 1 heterocycles. The lowest BCUT2D eigenvalue weighted by Gasteiger charge is -2.23. The molecule has 1 heteroatoms. The number of fused-ring (bicyclic) bond motifs is 7. The molecule has 8 aromatic carbocycles. The molecule has 0 saturated carbocycles. The van der Waals surface area contributed by atoms with Gasteiger partial charge in [-0.3, -0.25) is 0 Å². The number of allylic oxidation sites excluding steroid dienone is 1. The molecule has 1 aromatic heterocycles. The number of nitrogens with zero attached hydrogens (tertiary/aromatic N) is 1. The van der Waals surface area contributed by atoms with E-state index in [9.17, 15) is 0 Å². The Labute approximate surface area is 310 Å². The van der Waals surface area contributed by atoms with Crippen molar-refractivity contribution in [1.29, 1.82) is 0 Å². The quantitative estimate of drug-likeness (QED) is 0.163. The highest BCUT2D eigenvalue weighted by molar-refractivity contribution is 6.21. The minimum absolute atomic E-state index is 0.334. The molecule has 0 amide bonds. The Hall–Kier alpha value is -6.18. The summed E-state index contributed by atoms with van der Waals surface area (Å²) >= 11 is 0. The average Bonchev–Trinajstić information content (AvgIpc) is 3.56. The summed E-state index contributed by atoms with van der Waals surface area (Å²) in [6.07, 6.45) is 10.7. The summed E-state index contributed by atoms with van der Waals surface area (Å²) in [5.74, 6) is 0.334. The van der Waals surface area contributed by atoms with Gasteiger partial charge in [0.2, 0.25) is 0 Å². The second kappa shape index (κ2) is 12.2. The van der Waals surface area contributed by atoms with Gasteiger partial charge < -0.3 is 4.57 Å². The van der Waals surface area contributed by atoms with E-state index in [1.165, 1.54) is 113 Å². The molecule has 0 spiro atoms. The number of hydrogen-bond donors (Lipinski definition) is 0. The van der Waals surface area contributed by atoms with Crippen molar-refractivity contribution in [2.24, 2.45) is 0 Å². The Morgan fingerprint density at radius 2 is 1.09 bits per heavy atom. The van der Waals surface area contributed by atoms with Crippen LogP contribution in [0.1, 0.15) is 46.7 Å². The van der Waals surface area contributed by atoms with Crippen molar-refractivity contribution >= 4 is 49.3 Å². The summed E-state index contributed by atoms with van der Waals surface area (Å²) in [5.41, 5.74) is 15.0. The molecule has 0 fully saturated rings. The lowest BCUT2D eigenvalue weighted by atomic mass is 9.81. The van der Waals surface area contributed by atoms with Crippen LogP contribution >= 0.6 is 0 Å². The zero-order valence-electron chi connectivity index (χ0n) is 29.7. The van der Waals surface area contributed by atoms with Crippen molar-refractivity contribution in [3.8, 4) is 27.9 Å². The van der Waals surface area contributed by atoms with Gasteiger partial charge in [-0.25, -0.2) is 0 Å². The first kappa shape index (κ1) is 30.4. The number of rotatable bonds is 4. The first-order chi connectivity index (χ1) is 26.3. The molecule has 1 atom stereocenters. The summed E-state index contributed by atoms with van der Waals surface area (Å²) in [6, 6.07) is 59.0. The van der Waals surface area contributed by atoms with Crippen molar-refractivity contribution in [3.05, 3.63) is 192 Å². The molecule has 0 N–H and O–H groups in total. The predicted octanol–water partition coefficient (Wildman–Crippen LogP) is 13.7. The molecule has 252 valence electrons. The van der Waals surface area contributed by atoms with Gasteiger partial charge in [-0.2, -0.15) is 0 Å². The van der Waals surface area contributed by atoms with E-state index in [2.05, 4.69) is 174 Å². The summed E-state index contributed by atoms with van der Waals surface area (Å²) in [5, 5.41) is 9.30. The number of aromatic nitrogens is 1. The number of benzene rings is 8.